The molecule has 0 spiro atoms. The second-order valence-electron chi connectivity index (χ2n) is 8.82. The van der Waals surface area contributed by atoms with Gasteiger partial charge in [-0.3, -0.25) is 9.47 Å². The molecule has 32 heavy (non-hydrogen) atoms. The maximum atomic E-state index is 6.00. The van der Waals surface area contributed by atoms with E-state index in [0.717, 1.165) is 35.9 Å². The molecule has 0 saturated carbocycles. The van der Waals surface area contributed by atoms with Crippen molar-refractivity contribution in [1.82, 2.24) is 19.2 Å². The predicted octanol–water partition coefficient (Wildman–Crippen LogP) is 5.27. The standard InChI is InChI=1S/C25H32N4O2S/c1-17(2)22-8-6-7-9-23(22)29-24(20-10-12-21(30-5)13-11-20)26-28(25(29)32)16-27-14-18(3)31-19(4)15-27/h6-13,17-19H,14-16H2,1-5H3/t18-,19+. The second kappa shape index (κ2) is 9.57. The van der Waals surface area contributed by atoms with Gasteiger partial charge in [-0.15, -0.1) is 5.10 Å². The molecule has 3 aromatic rings. The van der Waals surface area contributed by atoms with Gasteiger partial charge in [-0.25, -0.2) is 4.68 Å². The zero-order valence-electron chi connectivity index (χ0n) is 19.5. The third-order valence-electron chi connectivity index (χ3n) is 5.82. The minimum atomic E-state index is 0.192. The van der Waals surface area contributed by atoms with Crippen molar-refractivity contribution in [1.29, 1.82) is 0 Å². The van der Waals surface area contributed by atoms with Crippen LogP contribution < -0.4 is 4.74 Å². The number of rotatable bonds is 6. The van der Waals surface area contributed by atoms with E-state index in [0.29, 0.717) is 17.4 Å². The average molecular weight is 453 g/mol. The van der Waals surface area contributed by atoms with Gasteiger partial charge in [0.2, 0.25) is 4.77 Å². The second-order valence-corrected chi connectivity index (χ2v) is 9.18. The Hall–Kier alpha value is -2.48. The van der Waals surface area contributed by atoms with Crippen molar-refractivity contribution in [2.45, 2.75) is 52.5 Å². The van der Waals surface area contributed by atoms with Gasteiger partial charge in [0.15, 0.2) is 5.82 Å². The molecule has 0 amide bonds. The van der Waals surface area contributed by atoms with E-state index in [1.165, 1.54) is 5.56 Å². The number of methoxy groups -OCH3 is 1. The van der Waals surface area contributed by atoms with Crippen LogP contribution >= 0.6 is 12.2 Å². The van der Waals surface area contributed by atoms with Gasteiger partial charge in [0.1, 0.15) is 5.75 Å². The summed E-state index contributed by atoms with van der Waals surface area (Å²) in [6.07, 6.45) is 0.385. The first-order valence-corrected chi connectivity index (χ1v) is 11.6. The van der Waals surface area contributed by atoms with Crippen LogP contribution in [0.25, 0.3) is 17.1 Å². The largest absolute Gasteiger partial charge is 0.497 e. The summed E-state index contributed by atoms with van der Waals surface area (Å²) in [5.41, 5.74) is 3.32. The molecule has 1 aromatic heterocycles. The molecular formula is C25H32N4O2S. The molecule has 1 aliphatic heterocycles. The monoisotopic (exact) mass is 452 g/mol. The molecule has 1 fully saturated rings. The minimum Gasteiger partial charge on any atom is -0.497 e. The van der Waals surface area contributed by atoms with Gasteiger partial charge in [-0.05, 0) is 67.9 Å². The Kier molecular flexibility index (Phi) is 6.79. The van der Waals surface area contributed by atoms with Crippen LogP contribution in [0.5, 0.6) is 5.75 Å². The third kappa shape index (κ3) is 4.65. The number of hydrogen-bond acceptors (Lipinski definition) is 5. The van der Waals surface area contributed by atoms with E-state index in [9.17, 15) is 0 Å². The predicted molar refractivity (Wildman–Crippen MR) is 130 cm³/mol. The van der Waals surface area contributed by atoms with E-state index in [1.807, 2.05) is 28.9 Å². The first-order chi connectivity index (χ1) is 15.4. The van der Waals surface area contributed by atoms with E-state index in [-0.39, 0.29) is 12.2 Å². The summed E-state index contributed by atoms with van der Waals surface area (Å²) in [6, 6.07) is 16.4. The van der Waals surface area contributed by atoms with Crippen molar-refractivity contribution in [2.24, 2.45) is 0 Å². The third-order valence-corrected chi connectivity index (χ3v) is 6.21. The zero-order valence-corrected chi connectivity index (χ0v) is 20.3. The molecule has 1 saturated heterocycles. The molecule has 2 heterocycles. The number of ether oxygens (including phenoxy) is 2. The van der Waals surface area contributed by atoms with E-state index in [4.69, 9.17) is 26.8 Å². The molecule has 4 rings (SSSR count). The summed E-state index contributed by atoms with van der Waals surface area (Å²) in [4.78, 5) is 2.36. The summed E-state index contributed by atoms with van der Waals surface area (Å²) in [5.74, 6) is 2.01. The lowest BCUT2D eigenvalue weighted by Crippen LogP contribution is -2.46. The first kappa shape index (κ1) is 22.7. The van der Waals surface area contributed by atoms with Crippen molar-refractivity contribution in [3.05, 3.63) is 58.9 Å². The molecule has 0 unspecified atom stereocenters. The average Bonchev–Trinajstić information content (AvgIpc) is 3.08. The van der Waals surface area contributed by atoms with E-state index >= 15 is 0 Å². The SMILES string of the molecule is COc1ccc(-c2nn(CN3C[C@@H](C)O[C@@H](C)C3)c(=S)n2-c2ccccc2C(C)C)cc1. The number of morpholine rings is 1. The maximum absolute atomic E-state index is 6.00. The normalized spacial score (nSPS) is 19.4. The molecule has 170 valence electrons. The van der Waals surface area contributed by atoms with Gasteiger partial charge in [0.25, 0.3) is 0 Å². The van der Waals surface area contributed by atoms with Gasteiger partial charge in [0.05, 0.1) is 31.7 Å². The van der Waals surface area contributed by atoms with Crippen LogP contribution in [0.1, 0.15) is 39.2 Å². The molecule has 1 aliphatic rings. The Morgan fingerprint density at radius 3 is 2.34 bits per heavy atom. The van der Waals surface area contributed by atoms with Gasteiger partial charge in [-0.1, -0.05) is 32.0 Å². The number of hydrogen-bond donors (Lipinski definition) is 0. The van der Waals surface area contributed by atoms with Crippen LogP contribution in [0.4, 0.5) is 0 Å². The summed E-state index contributed by atoms with van der Waals surface area (Å²) in [6.45, 7) is 11.0. The smallest absolute Gasteiger partial charge is 0.204 e. The molecular weight excluding hydrogens is 420 g/mol. The Balaban J connectivity index is 1.82. The first-order valence-electron chi connectivity index (χ1n) is 11.2. The van der Waals surface area contributed by atoms with Gasteiger partial charge in [-0.2, -0.15) is 0 Å². The fourth-order valence-electron chi connectivity index (χ4n) is 4.41. The topological polar surface area (TPSA) is 44.4 Å². The molecule has 0 bridgehead atoms. The Morgan fingerprint density at radius 1 is 1.06 bits per heavy atom. The van der Waals surface area contributed by atoms with Crippen LogP contribution in [0.2, 0.25) is 0 Å². The Morgan fingerprint density at radius 2 is 1.72 bits per heavy atom. The summed E-state index contributed by atoms with van der Waals surface area (Å²) < 4.78 is 16.0. The summed E-state index contributed by atoms with van der Waals surface area (Å²) in [5, 5.41) is 5.01. The van der Waals surface area contributed by atoms with Crippen LogP contribution in [0.15, 0.2) is 48.5 Å². The van der Waals surface area contributed by atoms with E-state index < -0.39 is 0 Å². The molecule has 0 radical (unpaired) electrons. The number of para-hydroxylation sites is 1. The number of benzene rings is 2. The summed E-state index contributed by atoms with van der Waals surface area (Å²) in [7, 11) is 1.68. The quantitative estimate of drug-likeness (QED) is 0.477. The van der Waals surface area contributed by atoms with Gasteiger partial charge >= 0.3 is 0 Å². The minimum absolute atomic E-state index is 0.192. The van der Waals surface area contributed by atoms with Crippen molar-refractivity contribution >= 4 is 12.2 Å². The lowest BCUT2D eigenvalue weighted by Gasteiger charge is -2.34. The molecule has 7 heteroatoms. The highest BCUT2D eigenvalue weighted by molar-refractivity contribution is 7.71. The highest BCUT2D eigenvalue weighted by atomic mass is 32.1. The lowest BCUT2D eigenvalue weighted by molar-refractivity contribution is -0.0777. The highest BCUT2D eigenvalue weighted by Crippen LogP contribution is 2.29. The highest BCUT2D eigenvalue weighted by Gasteiger charge is 2.24. The van der Waals surface area contributed by atoms with Crippen molar-refractivity contribution < 1.29 is 9.47 Å². The molecule has 2 aromatic carbocycles. The molecule has 6 nitrogen and oxygen atoms in total. The summed E-state index contributed by atoms with van der Waals surface area (Å²) >= 11 is 6.00. The molecule has 0 N–H and O–H groups in total. The van der Waals surface area contributed by atoms with Crippen molar-refractivity contribution in [3.63, 3.8) is 0 Å². The van der Waals surface area contributed by atoms with Crippen molar-refractivity contribution in [3.8, 4) is 22.8 Å². The zero-order chi connectivity index (χ0) is 22.8. The fraction of sp³-hybridized carbons (Fsp3) is 0.440. The fourth-order valence-corrected chi connectivity index (χ4v) is 4.70. The molecule has 2 atom stereocenters. The van der Waals surface area contributed by atoms with E-state index in [2.05, 4.69) is 61.4 Å². The van der Waals surface area contributed by atoms with Gasteiger partial charge < -0.3 is 9.47 Å². The van der Waals surface area contributed by atoms with Crippen LogP contribution in [0.3, 0.4) is 0 Å². The van der Waals surface area contributed by atoms with Crippen LogP contribution in [-0.4, -0.2) is 51.7 Å². The number of aromatic nitrogens is 3. The maximum Gasteiger partial charge on any atom is 0.204 e. The Bertz CT molecular complexity index is 1110. The number of nitrogens with zero attached hydrogens (tertiary/aromatic N) is 4. The van der Waals surface area contributed by atoms with Crippen LogP contribution in [-0.2, 0) is 11.4 Å². The van der Waals surface area contributed by atoms with E-state index in [1.54, 1.807) is 7.11 Å². The lowest BCUT2D eigenvalue weighted by atomic mass is 10.0. The Labute approximate surface area is 195 Å². The molecule has 0 aliphatic carbocycles. The van der Waals surface area contributed by atoms with Crippen LogP contribution in [0, 0.1) is 4.77 Å². The van der Waals surface area contributed by atoms with Gasteiger partial charge in [0, 0.05) is 18.7 Å². The van der Waals surface area contributed by atoms with Crippen molar-refractivity contribution in [2.75, 3.05) is 20.2 Å².